The van der Waals surface area contributed by atoms with E-state index in [1.54, 1.807) is 23.7 Å². The Bertz CT molecular complexity index is 778. The van der Waals surface area contributed by atoms with Crippen molar-refractivity contribution < 1.29 is 9.59 Å². The zero-order valence-corrected chi connectivity index (χ0v) is 15.6. The van der Waals surface area contributed by atoms with E-state index in [9.17, 15) is 9.59 Å². The summed E-state index contributed by atoms with van der Waals surface area (Å²) in [6.45, 7) is 3.14. The van der Waals surface area contributed by atoms with Crippen molar-refractivity contribution in [3.05, 3.63) is 52.5 Å². The lowest BCUT2D eigenvalue weighted by atomic mass is 9.79. The second-order valence-electron chi connectivity index (χ2n) is 7.45. The molecule has 0 aromatic carbocycles. The van der Waals surface area contributed by atoms with Gasteiger partial charge < -0.3 is 9.80 Å². The third-order valence-electron chi connectivity index (χ3n) is 5.59. The summed E-state index contributed by atoms with van der Waals surface area (Å²) in [5.41, 5.74) is 1.80. The first-order valence-electron chi connectivity index (χ1n) is 9.13. The number of thiophene rings is 1. The van der Waals surface area contributed by atoms with Gasteiger partial charge in [-0.3, -0.25) is 14.6 Å². The van der Waals surface area contributed by atoms with E-state index in [-0.39, 0.29) is 17.2 Å². The molecule has 0 aliphatic carbocycles. The van der Waals surface area contributed by atoms with E-state index >= 15 is 0 Å². The summed E-state index contributed by atoms with van der Waals surface area (Å²) in [6, 6.07) is 5.70. The van der Waals surface area contributed by atoms with Gasteiger partial charge in [-0.2, -0.15) is 11.3 Å². The van der Waals surface area contributed by atoms with Crippen LogP contribution >= 0.6 is 11.3 Å². The van der Waals surface area contributed by atoms with Crippen molar-refractivity contribution in [2.45, 2.75) is 25.7 Å². The summed E-state index contributed by atoms with van der Waals surface area (Å²) < 4.78 is 0. The molecule has 2 saturated heterocycles. The molecule has 6 heteroatoms. The molecule has 2 aliphatic rings. The standard InChI is InChI=1S/C20H23N3O2S/c24-18(11-16-3-1-7-21-12-16)22-8-2-5-20(14-22)6-9-23(15-20)19(25)17-4-10-26-13-17/h1,3-4,7,10,12-13H,2,5-6,8-9,11,14-15H2/t20-/m1/s1. The number of pyridine rings is 1. The van der Waals surface area contributed by atoms with Crippen LogP contribution in [0.2, 0.25) is 0 Å². The Morgan fingerprint density at radius 3 is 2.81 bits per heavy atom. The van der Waals surface area contributed by atoms with Gasteiger partial charge in [0.25, 0.3) is 5.91 Å². The molecular formula is C20H23N3O2S. The molecule has 0 unspecified atom stereocenters. The van der Waals surface area contributed by atoms with Crippen molar-refractivity contribution >= 4 is 23.2 Å². The summed E-state index contributed by atoms with van der Waals surface area (Å²) in [7, 11) is 0. The molecule has 4 rings (SSSR count). The molecule has 0 saturated carbocycles. The molecule has 2 fully saturated rings. The molecule has 4 heterocycles. The predicted octanol–water partition coefficient (Wildman–Crippen LogP) is 2.84. The first kappa shape index (κ1) is 17.2. The summed E-state index contributed by atoms with van der Waals surface area (Å²) >= 11 is 1.55. The van der Waals surface area contributed by atoms with Gasteiger partial charge in [0, 0.05) is 49.4 Å². The van der Waals surface area contributed by atoms with Crippen LogP contribution in [0.1, 0.15) is 35.2 Å². The number of hydrogen-bond donors (Lipinski definition) is 0. The largest absolute Gasteiger partial charge is 0.342 e. The van der Waals surface area contributed by atoms with Crippen LogP contribution in [0.3, 0.4) is 0 Å². The minimum atomic E-state index is 0.0640. The highest BCUT2D eigenvalue weighted by molar-refractivity contribution is 7.08. The number of carbonyl (C=O) groups excluding carboxylic acids is 2. The highest BCUT2D eigenvalue weighted by Crippen LogP contribution is 2.39. The third kappa shape index (κ3) is 3.51. The zero-order valence-electron chi connectivity index (χ0n) is 14.8. The van der Waals surface area contributed by atoms with Gasteiger partial charge in [0.15, 0.2) is 0 Å². The van der Waals surface area contributed by atoms with Gasteiger partial charge in [0.05, 0.1) is 12.0 Å². The van der Waals surface area contributed by atoms with Crippen LogP contribution in [0, 0.1) is 5.41 Å². The molecule has 1 spiro atoms. The van der Waals surface area contributed by atoms with Gasteiger partial charge in [-0.15, -0.1) is 0 Å². The fraction of sp³-hybridized carbons (Fsp3) is 0.450. The van der Waals surface area contributed by atoms with Gasteiger partial charge in [-0.05, 0) is 42.3 Å². The highest BCUT2D eigenvalue weighted by Gasteiger charge is 2.43. The summed E-state index contributed by atoms with van der Waals surface area (Å²) in [6.07, 6.45) is 6.98. The number of amides is 2. The lowest BCUT2D eigenvalue weighted by Gasteiger charge is -2.40. The van der Waals surface area contributed by atoms with Crippen molar-refractivity contribution in [1.82, 2.24) is 14.8 Å². The monoisotopic (exact) mass is 369 g/mol. The molecule has 2 aliphatic heterocycles. The normalized spacial score (nSPS) is 22.8. The molecule has 0 radical (unpaired) electrons. The SMILES string of the molecule is O=C(Cc1cccnc1)N1CCC[C@@]2(CCN(C(=O)c3ccsc3)C2)C1. The third-order valence-corrected chi connectivity index (χ3v) is 6.27. The number of likely N-dealkylation sites (tertiary alicyclic amines) is 2. The van der Waals surface area contributed by atoms with E-state index in [1.807, 2.05) is 38.8 Å². The predicted molar refractivity (Wildman–Crippen MR) is 101 cm³/mol. The number of hydrogen-bond acceptors (Lipinski definition) is 4. The van der Waals surface area contributed by atoms with Crippen LogP contribution < -0.4 is 0 Å². The molecular weight excluding hydrogens is 346 g/mol. The fourth-order valence-electron chi connectivity index (χ4n) is 4.22. The summed E-state index contributed by atoms with van der Waals surface area (Å²) in [4.78, 5) is 33.4. The van der Waals surface area contributed by atoms with E-state index in [1.165, 1.54) is 0 Å². The fourth-order valence-corrected chi connectivity index (χ4v) is 4.85. The van der Waals surface area contributed by atoms with Crippen LogP contribution in [0.4, 0.5) is 0 Å². The maximum absolute atomic E-state index is 12.7. The zero-order chi connectivity index (χ0) is 18.0. The van der Waals surface area contributed by atoms with Gasteiger partial charge in [-0.25, -0.2) is 0 Å². The average molecular weight is 369 g/mol. The molecule has 136 valence electrons. The van der Waals surface area contributed by atoms with Crippen molar-refractivity contribution in [2.75, 3.05) is 26.2 Å². The van der Waals surface area contributed by atoms with E-state index in [0.717, 1.165) is 56.6 Å². The lowest BCUT2D eigenvalue weighted by Crippen LogP contribution is -2.48. The number of aromatic nitrogens is 1. The van der Waals surface area contributed by atoms with E-state index in [2.05, 4.69) is 4.98 Å². The quantitative estimate of drug-likeness (QED) is 0.836. The van der Waals surface area contributed by atoms with E-state index in [0.29, 0.717) is 6.42 Å². The molecule has 26 heavy (non-hydrogen) atoms. The van der Waals surface area contributed by atoms with Crippen molar-refractivity contribution in [2.24, 2.45) is 5.41 Å². The Morgan fingerprint density at radius 1 is 1.15 bits per heavy atom. The maximum Gasteiger partial charge on any atom is 0.254 e. The van der Waals surface area contributed by atoms with E-state index in [4.69, 9.17) is 0 Å². The smallest absolute Gasteiger partial charge is 0.254 e. The second kappa shape index (κ2) is 7.19. The number of rotatable bonds is 3. The average Bonchev–Trinajstić information content (AvgIpc) is 3.33. The Labute approximate surface area is 157 Å². The van der Waals surface area contributed by atoms with Crippen LogP contribution in [0.5, 0.6) is 0 Å². The van der Waals surface area contributed by atoms with Crippen molar-refractivity contribution in [3.63, 3.8) is 0 Å². The number of nitrogens with zero attached hydrogens (tertiary/aromatic N) is 3. The molecule has 2 aromatic rings. The second-order valence-corrected chi connectivity index (χ2v) is 8.23. The van der Waals surface area contributed by atoms with Crippen LogP contribution in [-0.2, 0) is 11.2 Å². The molecule has 0 N–H and O–H groups in total. The number of carbonyl (C=O) groups is 2. The van der Waals surface area contributed by atoms with Gasteiger partial charge in [-0.1, -0.05) is 6.07 Å². The van der Waals surface area contributed by atoms with E-state index < -0.39 is 0 Å². The van der Waals surface area contributed by atoms with Gasteiger partial charge in [0.2, 0.25) is 5.91 Å². The van der Waals surface area contributed by atoms with Crippen LogP contribution in [0.25, 0.3) is 0 Å². The minimum Gasteiger partial charge on any atom is -0.342 e. The molecule has 1 atom stereocenters. The molecule has 0 bridgehead atoms. The van der Waals surface area contributed by atoms with Crippen molar-refractivity contribution in [3.8, 4) is 0 Å². The Morgan fingerprint density at radius 2 is 2.04 bits per heavy atom. The number of piperidine rings is 1. The minimum absolute atomic E-state index is 0.0640. The lowest BCUT2D eigenvalue weighted by molar-refractivity contribution is -0.133. The van der Waals surface area contributed by atoms with Crippen molar-refractivity contribution in [1.29, 1.82) is 0 Å². The molecule has 5 nitrogen and oxygen atoms in total. The van der Waals surface area contributed by atoms with Crippen LogP contribution in [0.15, 0.2) is 41.4 Å². The van der Waals surface area contributed by atoms with Gasteiger partial charge in [0.1, 0.15) is 0 Å². The maximum atomic E-state index is 12.7. The Balaban J connectivity index is 1.40. The molecule has 2 aromatic heterocycles. The van der Waals surface area contributed by atoms with Crippen LogP contribution in [-0.4, -0.2) is 52.8 Å². The summed E-state index contributed by atoms with van der Waals surface area (Å²) in [5, 5.41) is 3.86. The Kier molecular flexibility index (Phi) is 4.76. The molecule has 2 amide bonds. The topological polar surface area (TPSA) is 53.5 Å². The highest BCUT2D eigenvalue weighted by atomic mass is 32.1. The first-order chi connectivity index (χ1) is 12.7. The van der Waals surface area contributed by atoms with Gasteiger partial charge >= 0.3 is 0 Å². The Hall–Kier alpha value is -2.21. The summed E-state index contributed by atoms with van der Waals surface area (Å²) in [5.74, 6) is 0.293. The first-order valence-corrected chi connectivity index (χ1v) is 10.1.